The fourth-order valence-corrected chi connectivity index (χ4v) is 2.52. The van der Waals surface area contributed by atoms with Gasteiger partial charge in [0.25, 0.3) is 5.91 Å². The Balaban J connectivity index is 1.90. The lowest BCUT2D eigenvalue weighted by atomic mass is 9.87. The summed E-state index contributed by atoms with van der Waals surface area (Å²) in [5.74, 6) is 0.706. The number of carbonyl (C=O) groups excluding carboxylic acids is 2. The second-order valence-corrected chi connectivity index (χ2v) is 5.50. The summed E-state index contributed by atoms with van der Waals surface area (Å²) < 4.78 is 0. The van der Waals surface area contributed by atoms with E-state index in [0.29, 0.717) is 11.3 Å². The summed E-state index contributed by atoms with van der Waals surface area (Å²) in [4.78, 5) is 22.8. The Kier molecular flexibility index (Phi) is 4.61. The molecule has 0 saturated heterocycles. The highest BCUT2D eigenvalue weighted by Crippen LogP contribution is 2.23. The summed E-state index contributed by atoms with van der Waals surface area (Å²) in [6, 6.07) is 6.38. The van der Waals surface area contributed by atoms with E-state index >= 15 is 0 Å². The zero-order chi connectivity index (χ0) is 14.5. The van der Waals surface area contributed by atoms with Crippen molar-refractivity contribution in [3.63, 3.8) is 0 Å². The van der Waals surface area contributed by atoms with Crippen LogP contribution in [-0.4, -0.2) is 18.0 Å². The molecule has 2 rings (SSSR count). The fourth-order valence-electron chi connectivity index (χ4n) is 2.52. The van der Waals surface area contributed by atoms with Gasteiger partial charge in [-0.25, -0.2) is 4.79 Å². The van der Waals surface area contributed by atoms with Crippen molar-refractivity contribution in [1.82, 2.24) is 5.32 Å². The van der Waals surface area contributed by atoms with Crippen molar-refractivity contribution in [2.45, 2.75) is 38.6 Å². The quantitative estimate of drug-likeness (QED) is 0.791. The molecule has 5 nitrogen and oxygen atoms in total. The van der Waals surface area contributed by atoms with Crippen LogP contribution in [0.5, 0.6) is 0 Å². The zero-order valence-electron chi connectivity index (χ0n) is 11.7. The van der Waals surface area contributed by atoms with Crippen molar-refractivity contribution in [1.29, 1.82) is 0 Å². The van der Waals surface area contributed by atoms with E-state index in [1.54, 1.807) is 24.3 Å². The molecule has 1 aliphatic rings. The summed E-state index contributed by atoms with van der Waals surface area (Å²) in [5, 5.41) is 5.53. The van der Waals surface area contributed by atoms with Crippen molar-refractivity contribution >= 4 is 17.6 Å². The standard InChI is InChI=1S/C15H21N3O2/c1-10-2-6-12(7-3-10)17-14(19)11-4-8-13(9-5-11)18-15(16)20/h4-5,8-10,12H,2-3,6-7H2,1H3,(H,17,19)(H3,16,18,20). The number of urea groups is 1. The van der Waals surface area contributed by atoms with Gasteiger partial charge in [-0.15, -0.1) is 0 Å². The molecule has 0 bridgehead atoms. The van der Waals surface area contributed by atoms with E-state index < -0.39 is 6.03 Å². The van der Waals surface area contributed by atoms with Crippen LogP contribution < -0.4 is 16.4 Å². The molecule has 20 heavy (non-hydrogen) atoms. The van der Waals surface area contributed by atoms with Gasteiger partial charge >= 0.3 is 6.03 Å². The van der Waals surface area contributed by atoms with Crippen LogP contribution >= 0.6 is 0 Å². The molecule has 1 aliphatic carbocycles. The first-order valence-corrected chi connectivity index (χ1v) is 7.02. The third-order valence-corrected chi connectivity index (χ3v) is 3.77. The summed E-state index contributed by atoms with van der Waals surface area (Å²) in [5.41, 5.74) is 6.21. The summed E-state index contributed by atoms with van der Waals surface area (Å²) in [6.45, 7) is 2.25. The summed E-state index contributed by atoms with van der Waals surface area (Å²) in [6.07, 6.45) is 4.45. The molecule has 4 N–H and O–H groups in total. The number of rotatable bonds is 3. The molecular weight excluding hydrogens is 254 g/mol. The van der Waals surface area contributed by atoms with E-state index in [0.717, 1.165) is 18.8 Å². The van der Waals surface area contributed by atoms with Crippen molar-refractivity contribution in [2.24, 2.45) is 11.7 Å². The monoisotopic (exact) mass is 275 g/mol. The molecule has 1 aromatic carbocycles. The van der Waals surface area contributed by atoms with Gasteiger partial charge in [-0.1, -0.05) is 6.92 Å². The van der Waals surface area contributed by atoms with Gasteiger partial charge in [-0.3, -0.25) is 4.79 Å². The minimum Gasteiger partial charge on any atom is -0.351 e. The smallest absolute Gasteiger partial charge is 0.316 e. The van der Waals surface area contributed by atoms with E-state index in [-0.39, 0.29) is 11.9 Å². The average molecular weight is 275 g/mol. The molecule has 0 atom stereocenters. The van der Waals surface area contributed by atoms with Gasteiger partial charge in [0.05, 0.1) is 0 Å². The Morgan fingerprint density at radius 2 is 1.70 bits per heavy atom. The third-order valence-electron chi connectivity index (χ3n) is 3.77. The topological polar surface area (TPSA) is 84.2 Å². The molecule has 108 valence electrons. The molecule has 0 heterocycles. The molecule has 1 fully saturated rings. The Morgan fingerprint density at radius 1 is 1.10 bits per heavy atom. The molecule has 1 aromatic rings. The molecule has 0 radical (unpaired) electrons. The van der Waals surface area contributed by atoms with Crippen molar-refractivity contribution in [3.05, 3.63) is 29.8 Å². The predicted octanol–water partition coefficient (Wildman–Crippen LogP) is 2.49. The van der Waals surface area contributed by atoms with Crippen LogP contribution in [-0.2, 0) is 0 Å². The zero-order valence-corrected chi connectivity index (χ0v) is 11.7. The number of carbonyl (C=O) groups is 2. The minimum atomic E-state index is -0.612. The SMILES string of the molecule is CC1CCC(NC(=O)c2ccc(NC(N)=O)cc2)CC1. The molecule has 0 unspecified atom stereocenters. The van der Waals surface area contributed by atoms with Crippen molar-refractivity contribution in [3.8, 4) is 0 Å². The summed E-state index contributed by atoms with van der Waals surface area (Å²) in [7, 11) is 0. The second kappa shape index (κ2) is 6.41. The van der Waals surface area contributed by atoms with Gasteiger partial charge in [-0.05, 0) is 55.9 Å². The highest BCUT2D eigenvalue weighted by Gasteiger charge is 2.20. The van der Waals surface area contributed by atoms with Gasteiger partial charge in [0.1, 0.15) is 0 Å². The minimum absolute atomic E-state index is 0.0600. The van der Waals surface area contributed by atoms with Gasteiger partial charge in [0.2, 0.25) is 0 Å². The maximum atomic E-state index is 12.1. The molecule has 0 aliphatic heterocycles. The highest BCUT2D eigenvalue weighted by molar-refractivity contribution is 5.95. The van der Waals surface area contributed by atoms with Crippen molar-refractivity contribution in [2.75, 3.05) is 5.32 Å². The van der Waals surface area contributed by atoms with Crippen LogP contribution in [0, 0.1) is 5.92 Å². The van der Waals surface area contributed by atoms with Gasteiger partial charge in [0.15, 0.2) is 0 Å². The second-order valence-electron chi connectivity index (χ2n) is 5.50. The largest absolute Gasteiger partial charge is 0.351 e. The van der Waals surface area contributed by atoms with E-state index in [4.69, 9.17) is 5.73 Å². The molecular formula is C15H21N3O2. The lowest BCUT2D eigenvalue weighted by molar-refractivity contribution is 0.0923. The predicted molar refractivity (Wildman–Crippen MR) is 78.5 cm³/mol. The van der Waals surface area contributed by atoms with Crippen LogP contribution in [0.3, 0.4) is 0 Å². The van der Waals surface area contributed by atoms with Gasteiger partial charge in [-0.2, -0.15) is 0 Å². The van der Waals surface area contributed by atoms with E-state index in [9.17, 15) is 9.59 Å². The average Bonchev–Trinajstić information content (AvgIpc) is 2.41. The highest BCUT2D eigenvalue weighted by atomic mass is 16.2. The van der Waals surface area contributed by atoms with Crippen LogP contribution in [0.2, 0.25) is 0 Å². The molecule has 5 heteroatoms. The van der Waals surface area contributed by atoms with Crippen LogP contribution in [0.4, 0.5) is 10.5 Å². The maximum absolute atomic E-state index is 12.1. The number of primary amides is 1. The molecule has 0 aromatic heterocycles. The van der Waals surface area contributed by atoms with Gasteiger partial charge < -0.3 is 16.4 Å². The number of amides is 3. The Bertz CT molecular complexity index is 476. The number of benzene rings is 1. The number of hydrogen-bond acceptors (Lipinski definition) is 2. The lowest BCUT2D eigenvalue weighted by Crippen LogP contribution is -2.37. The van der Waals surface area contributed by atoms with E-state index in [1.165, 1.54) is 12.8 Å². The fraction of sp³-hybridized carbons (Fsp3) is 0.467. The van der Waals surface area contributed by atoms with Gasteiger partial charge in [0, 0.05) is 17.3 Å². The molecule has 3 amide bonds. The van der Waals surface area contributed by atoms with Crippen LogP contribution in [0.1, 0.15) is 43.0 Å². The van der Waals surface area contributed by atoms with Crippen molar-refractivity contribution < 1.29 is 9.59 Å². The lowest BCUT2D eigenvalue weighted by Gasteiger charge is -2.26. The molecule has 0 spiro atoms. The number of nitrogens with two attached hydrogens (primary N) is 1. The first kappa shape index (κ1) is 14.4. The normalized spacial score (nSPS) is 22.1. The maximum Gasteiger partial charge on any atom is 0.316 e. The van der Waals surface area contributed by atoms with Crippen LogP contribution in [0.15, 0.2) is 24.3 Å². The molecule has 1 saturated carbocycles. The Labute approximate surface area is 118 Å². The first-order valence-electron chi connectivity index (χ1n) is 7.02. The summed E-state index contributed by atoms with van der Waals surface area (Å²) >= 11 is 0. The third kappa shape index (κ3) is 3.98. The number of anilines is 1. The van der Waals surface area contributed by atoms with Crippen LogP contribution in [0.25, 0.3) is 0 Å². The Morgan fingerprint density at radius 3 is 2.25 bits per heavy atom. The number of hydrogen-bond donors (Lipinski definition) is 3. The Hall–Kier alpha value is -2.04. The number of nitrogens with one attached hydrogen (secondary N) is 2. The first-order chi connectivity index (χ1) is 9.54. The van der Waals surface area contributed by atoms with E-state index in [2.05, 4.69) is 17.6 Å². The van der Waals surface area contributed by atoms with E-state index in [1.807, 2.05) is 0 Å².